The van der Waals surface area contributed by atoms with Gasteiger partial charge < -0.3 is 15.2 Å². The summed E-state index contributed by atoms with van der Waals surface area (Å²) in [6.07, 6.45) is -3.25. The second-order valence-electron chi connectivity index (χ2n) is 7.96. The third-order valence-electron chi connectivity index (χ3n) is 5.47. The van der Waals surface area contributed by atoms with E-state index in [1.807, 2.05) is 0 Å². The van der Waals surface area contributed by atoms with E-state index in [2.05, 4.69) is 5.32 Å². The monoisotopic (exact) mass is 522 g/mol. The van der Waals surface area contributed by atoms with Crippen LogP contribution in [0.4, 0.5) is 18.9 Å². The van der Waals surface area contributed by atoms with Crippen LogP contribution in [0.15, 0.2) is 65.6 Å². The molecule has 0 fully saturated rings. The van der Waals surface area contributed by atoms with Gasteiger partial charge >= 0.3 is 6.18 Å². The highest BCUT2D eigenvalue weighted by molar-refractivity contribution is 7.89. The lowest BCUT2D eigenvalue weighted by molar-refractivity contribution is -0.137. The average Bonchev–Trinajstić information content (AvgIpc) is 2.82. The van der Waals surface area contributed by atoms with Gasteiger partial charge in [0.2, 0.25) is 10.0 Å². The Morgan fingerprint density at radius 1 is 1.03 bits per heavy atom. The highest BCUT2D eigenvalue weighted by Gasteiger charge is 2.33. The highest BCUT2D eigenvalue weighted by Crippen LogP contribution is 2.38. The molecule has 11 heteroatoms. The first-order valence-electron chi connectivity index (χ1n) is 10.9. The number of methoxy groups -OCH3 is 1. The molecule has 0 saturated carbocycles. The molecule has 0 heterocycles. The molecule has 3 aromatic rings. The SMILES string of the molecule is COc1cc(NC(=O)c2ccc(-c3ccccc3C(F)(F)F)c(CCCCO)c2)ccc1S(N)(=O)=O. The maximum atomic E-state index is 13.6. The number of benzene rings is 3. The van der Waals surface area contributed by atoms with Gasteiger partial charge in [-0.3, -0.25) is 4.79 Å². The van der Waals surface area contributed by atoms with Crippen molar-refractivity contribution in [1.82, 2.24) is 0 Å². The zero-order chi connectivity index (χ0) is 26.5. The Labute approximate surface area is 206 Å². The van der Waals surface area contributed by atoms with Crippen LogP contribution in [0, 0.1) is 0 Å². The first kappa shape index (κ1) is 27.2. The number of alkyl halides is 3. The van der Waals surface area contributed by atoms with Gasteiger partial charge in [-0.05, 0) is 66.3 Å². The molecular weight excluding hydrogens is 497 g/mol. The number of nitrogens with two attached hydrogens (primary N) is 1. The van der Waals surface area contributed by atoms with E-state index in [-0.39, 0.29) is 34.1 Å². The van der Waals surface area contributed by atoms with E-state index in [0.717, 1.165) is 6.07 Å². The molecule has 0 aromatic heterocycles. The molecule has 7 nitrogen and oxygen atoms in total. The average molecular weight is 523 g/mol. The van der Waals surface area contributed by atoms with Crippen molar-refractivity contribution < 1.29 is 36.2 Å². The number of aliphatic hydroxyl groups is 1. The summed E-state index contributed by atoms with van der Waals surface area (Å²) in [4.78, 5) is 12.7. The number of hydrogen-bond acceptors (Lipinski definition) is 5. The van der Waals surface area contributed by atoms with E-state index in [9.17, 15) is 26.4 Å². The summed E-state index contributed by atoms with van der Waals surface area (Å²) in [7, 11) is -2.78. The molecule has 0 aliphatic carbocycles. The lowest BCUT2D eigenvalue weighted by atomic mass is 9.91. The quantitative estimate of drug-likeness (QED) is 0.355. The van der Waals surface area contributed by atoms with Crippen molar-refractivity contribution in [3.63, 3.8) is 0 Å². The fourth-order valence-corrected chi connectivity index (χ4v) is 4.46. The fourth-order valence-electron chi connectivity index (χ4n) is 3.78. The van der Waals surface area contributed by atoms with Crippen LogP contribution in [0.5, 0.6) is 5.75 Å². The Balaban J connectivity index is 1.98. The number of sulfonamides is 1. The Hall–Kier alpha value is -3.41. The molecule has 0 atom stereocenters. The van der Waals surface area contributed by atoms with Gasteiger partial charge in [0.1, 0.15) is 10.6 Å². The zero-order valence-corrected chi connectivity index (χ0v) is 20.1. The van der Waals surface area contributed by atoms with Crippen molar-refractivity contribution in [2.45, 2.75) is 30.3 Å². The highest BCUT2D eigenvalue weighted by atomic mass is 32.2. The third-order valence-corrected chi connectivity index (χ3v) is 6.42. The van der Waals surface area contributed by atoms with Gasteiger partial charge in [-0.15, -0.1) is 0 Å². The summed E-state index contributed by atoms with van der Waals surface area (Å²) < 4.78 is 69.3. The van der Waals surface area contributed by atoms with E-state index < -0.39 is 27.7 Å². The largest absolute Gasteiger partial charge is 0.495 e. The van der Waals surface area contributed by atoms with E-state index in [1.54, 1.807) is 0 Å². The van der Waals surface area contributed by atoms with Crippen molar-refractivity contribution in [2.24, 2.45) is 5.14 Å². The van der Waals surface area contributed by atoms with Crippen LogP contribution in [0.2, 0.25) is 0 Å². The summed E-state index contributed by atoms with van der Waals surface area (Å²) >= 11 is 0. The standard InChI is InChI=1S/C25H25F3N2O5S/c1-35-22-15-18(10-12-23(22)36(29,33)34)30-24(32)17-9-11-19(16(14-17)6-4-5-13-31)20-7-2-3-8-21(20)25(26,27)28/h2-3,7-12,14-15,31H,4-6,13H2,1H3,(H,30,32)(H2,29,33,34). The fraction of sp³-hybridized carbons (Fsp3) is 0.240. The van der Waals surface area contributed by atoms with Crippen LogP contribution in [0.3, 0.4) is 0 Å². The Morgan fingerprint density at radius 2 is 1.75 bits per heavy atom. The number of unbranched alkanes of at least 4 members (excludes halogenated alkanes) is 1. The van der Waals surface area contributed by atoms with Gasteiger partial charge in [-0.1, -0.05) is 24.3 Å². The number of hydrogen-bond donors (Lipinski definition) is 3. The van der Waals surface area contributed by atoms with Crippen molar-refractivity contribution >= 4 is 21.6 Å². The maximum Gasteiger partial charge on any atom is 0.417 e. The van der Waals surface area contributed by atoms with Crippen LogP contribution in [0.1, 0.15) is 34.3 Å². The lowest BCUT2D eigenvalue weighted by Crippen LogP contribution is -2.15. The van der Waals surface area contributed by atoms with E-state index in [0.29, 0.717) is 30.4 Å². The number of amides is 1. The van der Waals surface area contributed by atoms with E-state index in [4.69, 9.17) is 15.0 Å². The number of rotatable bonds is 9. The molecule has 192 valence electrons. The molecule has 3 aromatic carbocycles. The first-order chi connectivity index (χ1) is 17.0. The summed E-state index contributed by atoms with van der Waals surface area (Å²) in [5.41, 5.74) is 0.507. The predicted molar refractivity (Wildman–Crippen MR) is 129 cm³/mol. The Kier molecular flexibility index (Phi) is 8.39. The molecule has 0 unspecified atom stereocenters. The van der Waals surface area contributed by atoms with Gasteiger partial charge in [-0.2, -0.15) is 13.2 Å². The molecule has 4 N–H and O–H groups in total. The van der Waals surface area contributed by atoms with E-state index in [1.165, 1.54) is 61.7 Å². The van der Waals surface area contributed by atoms with Gasteiger partial charge in [-0.25, -0.2) is 13.6 Å². The molecule has 3 rings (SSSR count). The number of nitrogens with one attached hydrogen (secondary N) is 1. The molecule has 0 aliphatic heterocycles. The Morgan fingerprint density at radius 3 is 2.39 bits per heavy atom. The molecule has 36 heavy (non-hydrogen) atoms. The van der Waals surface area contributed by atoms with Gasteiger partial charge in [0, 0.05) is 23.9 Å². The molecule has 0 bridgehead atoms. The van der Waals surface area contributed by atoms with E-state index >= 15 is 0 Å². The van der Waals surface area contributed by atoms with Crippen molar-refractivity contribution in [2.75, 3.05) is 19.0 Å². The lowest BCUT2D eigenvalue weighted by Gasteiger charge is -2.17. The van der Waals surface area contributed by atoms with Crippen molar-refractivity contribution in [3.8, 4) is 16.9 Å². The number of halogens is 3. The molecule has 1 amide bonds. The Bertz CT molecular complexity index is 1360. The molecule has 0 spiro atoms. The van der Waals surface area contributed by atoms with Crippen LogP contribution < -0.4 is 15.2 Å². The number of carbonyl (C=O) groups excluding carboxylic acids is 1. The second-order valence-corrected chi connectivity index (χ2v) is 9.49. The minimum atomic E-state index is -4.56. The van der Waals surface area contributed by atoms with Gasteiger partial charge in [0.25, 0.3) is 5.91 Å². The molecule has 0 saturated heterocycles. The molecule has 0 aliphatic rings. The normalized spacial score (nSPS) is 11.8. The van der Waals surface area contributed by atoms with Crippen LogP contribution in [0.25, 0.3) is 11.1 Å². The summed E-state index contributed by atoms with van der Waals surface area (Å²) in [5, 5.41) is 16.9. The zero-order valence-electron chi connectivity index (χ0n) is 19.3. The topological polar surface area (TPSA) is 119 Å². The smallest absolute Gasteiger partial charge is 0.417 e. The minimum absolute atomic E-state index is 0.000671. The number of carbonyl (C=O) groups is 1. The number of anilines is 1. The number of ether oxygens (including phenoxy) is 1. The van der Waals surface area contributed by atoms with Gasteiger partial charge in [0.15, 0.2) is 0 Å². The van der Waals surface area contributed by atoms with Crippen molar-refractivity contribution in [3.05, 3.63) is 77.4 Å². The van der Waals surface area contributed by atoms with Crippen molar-refractivity contribution in [1.29, 1.82) is 0 Å². The minimum Gasteiger partial charge on any atom is -0.495 e. The first-order valence-corrected chi connectivity index (χ1v) is 12.4. The maximum absolute atomic E-state index is 13.6. The van der Waals surface area contributed by atoms with Crippen LogP contribution in [-0.2, 0) is 22.6 Å². The molecular formula is C25H25F3N2O5S. The number of aryl methyl sites for hydroxylation is 1. The third kappa shape index (κ3) is 6.42. The second kappa shape index (κ2) is 11.1. The summed E-state index contributed by atoms with van der Waals surface area (Å²) in [6, 6.07) is 13.5. The van der Waals surface area contributed by atoms with Crippen LogP contribution >= 0.6 is 0 Å². The number of primary sulfonamides is 1. The predicted octanol–water partition coefficient (Wildman–Crippen LogP) is 4.60. The molecule has 0 radical (unpaired) electrons. The number of aliphatic hydroxyl groups excluding tert-OH is 1. The van der Waals surface area contributed by atoms with Gasteiger partial charge in [0.05, 0.1) is 12.7 Å². The summed E-state index contributed by atoms with van der Waals surface area (Å²) in [6.45, 7) is -0.0645. The van der Waals surface area contributed by atoms with Crippen LogP contribution in [-0.4, -0.2) is 33.1 Å². The summed E-state index contributed by atoms with van der Waals surface area (Å²) in [5.74, 6) is -0.612.